The lowest BCUT2D eigenvalue weighted by molar-refractivity contribution is -0.137. The molecule has 0 aliphatic rings. The fourth-order valence-corrected chi connectivity index (χ4v) is 3.68. The monoisotopic (exact) mass is 473 g/mol. The normalized spacial score (nSPS) is 11.4. The third-order valence-electron chi connectivity index (χ3n) is 4.43. The fraction of sp³-hybridized carbons (Fsp3) is 0.136. The molecule has 166 valence electrons. The van der Waals surface area contributed by atoms with E-state index in [4.69, 9.17) is 11.6 Å². The van der Waals surface area contributed by atoms with Gasteiger partial charge in [0.2, 0.25) is 0 Å². The average molecular weight is 474 g/mol. The van der Waals surface area contributed by atoms with Crippen LogP contribution in [0.15, 0.2) is 60.0 Å². The zero-order chi connectivity index (χ0) is 23.1. The lowest BCUT2D eigenvalue weighted by Gasteiger charge is -2.17. The number of carbonyl (C=O) groups excluding carboxylic acids is 2. The summed E-state index contributed by atoms with van der Waals surface area (Å²) in [5, 5.41) is 28.9. The quantitative estimate of drug-likeness (QED) is 0.324. The average Bonchev–Trinajstić information content (AvgIpc) is 3.30. The highest BCUT2D eigenvalue weighted by Gasteiger charge is 2.20. The molecular formula is C22H20ClN3O5S. The molecule has 0 unspecified atom stereocenters. The molecule has 0 aliphatic carbocycles. The van der Waals surface area contributed by atoms with Gasteiger partial charge in [-0.1, -0.05) is 29.8 Å². The summed E-state index contributed by atoms with van der Waals surface area (Å²) >= 11 is 7.50. The van der Waals surface area contributed by atoms with Gasteiger partial charge in [0.05, 0.1) is 15.6 Å². The van der Waals surface area contributed by atoms with Crippen molar-refractivity contribution in [1.29, 1.82) is 0 Å². The van der Waals surface area contributed by atoms with Crippen molar-refractivity contribution in [2.24, 2.45) is 0 Å². The Kier molecular flexibility index (Phi) is 7.69. The molecule has 10 heteroatoms. The third kappa shape index (κ3) is 6.22. The molecule has 0 saturated carbocycles. The summed E-state index contributed by atoms with van der Waals surface area (Å²) in [5.74, 6) is -1.80. The van der Waals surface area contributed by atoms with Gasteiger partial charge in [0, 0.05) is 18.7 Å². The molecule has 1 aromatic heterocycles. The van der Waals surface area contributed by atoms with E-state index in [1.807, 2.05) is 0 Å². The number of thiophene rings is 1. The number of nitrogens with one attached hydrogen (secondary N) is 3. The van der Waals surface area contributed by atoms with E-state index in [1.54, 1.807) is 35.7 Å². The molecule has 0 fully saturated rings. The SMILES string of the molecule is O=C(NCc1cccc(O)c1)c1ccc(N[C@@H](CNC(=O)c2cccs2)C(=O)O)c(Cl)c1. The zero-order valence-corrected chi connectivity index (χ0v) is 18.2. The van der Waals surface area contributed by atoms with Crippen molar-refractivity contribution in [3.63, 3.8) is 0 Å². The summed E-state index contributed by atoms with van der Waals surface area (Å²) in [6.07, 6.45) is 0. The van der Waals surface area contributed by atoms with Crippen molar-refractivity contribution < 1.29 is 24.6 Å². The Morgan fingerprint density at radius 3 is 2.47 bits per heavy atom. The number of benzene rings is 2. The minimum atomic E-state index is -1.17. The molecule has 0 spiro atoms. The largest absolute Gasteiger partial charge is 0.508 e. The Balaban J connectivity index is 1.60. The third-order valence-corrected chi connectivity index (χ3v) is 5.62. The molecule has 1 atom stereocenters. The maximum absolute atomic E-state index is 12.4. The molecule has 3 rings (SSSR count). The molecule has 0 bridgehead atoms. The lowest BCUT2D eigenvalue weighted by atomic mass is 10.1. The molecule has 2 amide bonds. The van der Waals surface area contributed by atoms with Crippen LogP contribution in [0.1, 0.15) is 25.6 Å². The van der Waals surface area contributed by atoms with E-state index in [9.17, 15) is 24.6 Å². The van der Waals surface area contributed by atoms with Crippen LogP contribution >= 0.6 is 22.9 Å². The van der Waals surface area contributed by atoms with Crippen molar-refractivity contribution in [1.82, 2.24) is 10.6 Å². The van der Waals surface area contributed by atoms with Gasteiger partial charge in [-0.2, -0.15) is 0 Å². The number of halogens is 1. The molecule has 1 heterocycles. The maximum atomic E-state index is 12.4. The number of carbonyl (C=O) groups is 3. The van der Waals surface area contributed by atoms with Gasteiger partial charge in [0.15, 0.2) is 0 Å². The second-order valence-electron chi connectivity index (χ2n) is 6.77. The summed E-state index contributed by atoms with van der Waals surface area (Å²) < 4.78 is 0. The van der Waals surface area contributed by atoms with E-state index in [0.717, 1.165) is 5.56 Å². The van der Waals surface area contributed by atoms with Crippen molar-refractivity contribution >= 4 is 46.4 Å². The van der Waals surface area contributed by atoms with Crippen LogP contribution in [0.4, 0.5) is 5.69 Å². The molecule has 2 aromatic carbocycles. The summed E-state index contributed by atoms with van der Waals surface area (Å²) in [5.41, 5.74) is 1.34. The first kappa shape index (κ1) is 23.1. The predicted octanol–water partition coefficient (Wildman–Crippen LogP) is 3.33. The van der Waals surface area contributed by atoms with Gasteiger partial charge in [0.25, 0.3) is 11.8 Å². The first-order chi connectivity index (χ1) is 15.3. The minimum absolute atomic E-state index is 0.106. The van der Waals surface area contributed by atoms with E-state index in [-0.39, 0.29) is 35.7 Å². The number of amides is 2. The van der Waals surface area contributed by atoms with Crippen molar-refractivity contribution in [3.05, 3.63) is 81.0 Å². The molecular weight excluding hydrogens is 454 g/mol. The number of carboxylic acid groups (broad SMARTS) is 1. The van der Waals surface area contributed by atoms with Crippen LogP contribution in [0.5, 0.6) is 5.75 Å². The molecule has 8 nitrogen and oxygen atoms in total. The standard InChI is InChI=1S/C22H20ClN3O5S/c23-16-10-14(20(28)24-11-13-3-1-4-15(27)9-13)6-7-17(16)26-18(22(30)31)12-25-21(29)19-5-2-8-32-19/h1-10,18,26-27H,11-12H2,(H,24,28)(H,25,29)(H,30,31)/t18-/m0/s1. The van der Waals surface area contributed by atoms with Crippen LogP contribution < -0.4 is 16.0 Å². The van der Waals surface area contributed by atoms with Crippen LogP contribution in [0, 0.1) is 0 Å². The first-order valence-corrected chi connectivity index (χ1v) is 10.8. The Morgan fingerprint density at radius 2 is 1.81 bits per heavy atom. The zero-order valence-electron chi connectivity index (χ0n) is 16.7. The number of rotatable bonds is 9. The summed E-state index contributed by atoms with van der Waals surface area (Å²) in [7, 11) is 0. The maximum Gasteiger partial charge on any atom is 0.327 e. The lowest BCUT2D eigenvalue weighted by Crippen LogP contribution is -2.41. The predicted molar refractivity (Wildman–Crippen MR) is 122 cm³/mol. The second-order valence-corrected chi connectivity index (χ2v) is 8.12. The number of hydrogen-bond acceptors (Lipinski definition) is 6. The van der Waals surface area contributed by atoms with Gasteiger partial charge in [-0.25, -0.2) is 4.79 Å². The van der Waals surface area contributed by atoms with Crippen LogP contribution in [-0.4, -0.2) is 40.6 Å². The smallest absolute Gasteiger partial charge is 0.327 e. The number of carboxylic acids is 1. The van der Waals surface area contributed by atoms with Crippen LogP contribution in [0.3, 0.4) is 0 Å². The number of phenolic OH excluding ortho intramolecular Hbond substituents is 1. The number of aliphatic carboxylic acids is 1. The Hall–Kier alpha value is -3.56. The molecule has 3 aromatic rings. The number of anilines is 1. The fourth-order valence-electron chi connectivity index (χ4n) is 2.80. The summed E-state index contributed by atoms with van der Waals surface area (Å²) in [6.45, 7) is 0.0600. The number of phenols is 1. The van der Waals surface area contributed by atoms with Crippen LogP contribution in [0.2, 0.25) is 5.02 Å². The topological polar surface area (TPSA) is 128 Å². The Labute approximate surface area is 192 Å². The first-order valence-electron chi connectivity index (χ1n) is 9.50. The van der Waals surface area contributed by atoms with Crippen LogP contribution in [0.25, 0.3) is 0 Å². The van der Waals surface area contributed by atoms with Gasteiger partial charge >= 0.3 is 5.97 Å². The summed E-state index contributed by atoms with van der Waals surface area (Å²) in [4.78, 5) is 36.5. The second kappa shape index (κ2) is 10.7. The van der Waals surface area contributed by atoms with Crippen LogP contribution in [-0.2, 0) is 11.3 Å². The van der Waals surface area contributed by atoms with Gasteiger partial charge in [0.1, 0.15) is 11.8 Å². The molecule has 32 heavy (non-hydrogen) atoms. The molecule has 0 aliphatic heterocycles. The molecule has 0 saturated heterocycles. The van der Waals surface area contributed by atoms with E-state index in [0.29, 0.717) is 16.1 Å². The van der Waals surface area contributed by atoms with E-state index in [2.05, 4.69) is 16.0 Å². The molecule has 5 N–H and O–H groups in total. The van der Waals surface area contributed by atoms with Crippen molar-refractivity contribution in [2.45, 2.75) is 12.6 Å². The van der Waals surface area contributed by atoms with Gasteiger partial charge in [-0.05, 0) is 47.3 Å². The Bertz CT molecular complexity index is 1120. The molecule has 0 radical (unpaired) electrons. The van der Waals surface area contributed by atoms with E-state index in [1.165, 1.54) is 35.6 Å². The number of hydrogen-bond donors (Lipinski definition) is 5. The highest BCUT2D eigenvalue weighted by Crippen LogP contribution is 2.24. The van der Waals surface area contributed by atoms with Gasteiger partial charge < -0.3 is 26.2 Å². The highest BCUT2D eigenvalue weighted by atomic mass is 35.5. The van der Waals surface area contributed by atoms with E-state index < -0.39 is 12.0 Å². The van der Waals surface area contributed by atoms with Crippen molar-refractivity contribution in [2.75, 3.05) is 11.9 Å². The van der Waals surface area contributed by atoms with E-state index >= 15 is 0 Å². The van der Waals surface area contributed by atoms with Crippen molar-refractivity contribution in [3.8, 4) is 5.75 Å². The minimum Gasteiger partial charge on any atom is -0.508 e. The highest BCUT2D eigenvalue weighted by molar-refractivity contribution is 7.12. The van der Waals surface area contributed by atoms with Gasteiger partial charge in [-0.15, -0.1) is 11.3 Å². The Morgan fingerprint density at radius 1 is 1.00 bits per heavy atom. The number of aromatic hydroxyl groups is 1. The summed E-state index contributed by atoms with van der Waals surface area (Å²) in [6, 6.07) is 13.2. The van der Waals surface area contributed by atoms with Gasteiger partial charge in [-0.3, -0.25) is 9.59 Å².